The van der Waals surface area contributed by atoms with Gasteiger partial charge in [0.2, 0.25) is 11.8 Å². The second-order valence-corrected chi connectivity index (χ2v) is 4.48. The highest BCUT2D eigenvalue weighted by Crippen LogP contribution is 2.10. The number of phenolic OH excluding ortho intramolecular Hbond substituents is 1. The Balaban J connectivity index is 2.44. The van der Waals surface area contributed by atoms with E-state index in [9.17, 15) is 9.59 Å². The molecular weight excluding hydrogens is 246 g/mol. The lowest BCUT2D eigenvalue weighted by atomic mass is 10.1. The van der Waals surface area contributed by atoms with Gasteiger partial charge >= 0.3 is 0 Å². The first-order valence-corrected chi connectivity index (χ1v) is 5.91. The highest BCUT2D eigenvalue weighted by Gasteiger charge is 2.15. The first kappa shape index (κ1) is 15.0. The Kier molecular flexibility index (Phi) is 5.32. The summed E-state index contributed by atoms with van der Waals surface area (Å²) in [7, 11) is 3.23. The summed E-state index contributed by atoms with van der Waals surface area (Å²) in [5, 5.41) is 11.6. The van der Waals surface area contributed by atoms with Crippen LogP contribution in [0.4, 0.5) is 0 Å². The van der Waals surface area contributed by atoms with Gasteiger partial charge in [0.1, 0.15) is 5.75 Å². The van der Waals surface area contributed by atoms with Crippen LogP contribution in [0.25, 0.3) is 0 Å². The molecule has 0 fully saturated rings. The van der Waals surface area contributed by atoms with Gasteiger partial charge in [0.15, 0.2) is 0 Å². The van der Waals surface area contributed by atoms with Crippen molar-refractivity contribution in [2.75, 3.05) is 20.6 Å². The molecule has 0 unspecified atom stereocenters. The summed E-state index contributed by atoms with van der Waals surface area (Å²) in [5.74, 6) is -0.396. The number of nitrogens with zero attached hydrogens (tertiary/aromatic N) is 1. The van der Waals surface area contributed by atoms with Crippen LogP contribution in [0.1, 0.15) is 5.56 Å². The van der Waals surface area contributed by atoms with Gasteiger partial charge in [-0.3, -0.25) is 9.59 Å². The molecule has 0 spiro atoms. The van der Waals surface area contributed by atoms with Crippen molar-refractivity contribution in [1.82, 2.24) is 10.2 Å². The number of hydrogen-bond donors (Lipinski definition) is 3. The molecule has 6 nitrogen and oxygen atoms in total. The lowest BCUT2D eigenvalue weighted by Crippen LogP contribution is -2.45. The van der Waals surface area contributed by atoms with E-state index in [1.807, 2.05) is 0 Å². The predicted octanol–water partition coefficient (Wildman–Crippen LogP) is -0.534. The van der Waals surface area contributed by atoms with E-state index in [1.54, 1.807) is 26.2 Å². The molecule has 6 heteroatoms. The van der Waals surface area contributed by atoms with Crippen molar-refractivity contribution in [3.8, 4) is 5.75 Å². The summed E-state index contributed by atoms with van der Waals surface area (Å²) in [6.45, 7) is -0.0604. The monoisotopic (exact) mass is 265 g/mol. The molecule has 1 rings (SSSR count). The van der Waals surface area contributed by atoms with E-state index < -0.39 is 6.04 Å². The lowest BCUT2D eigenvalue weighted by Gasteiger charge is -2.14. The predicted molar refractivity (Wildman–Crippen MR) is 71.5 cm³/mol. The quantitative estimate of drug-likeness (QED) is 0.666. The van der Waals surface area contributed by atoms with E-state index in [-0.39, 0.29) is 24.1 Å². The van der Waals surface area contributed by atoms with Crippen molar-refractivity contribution in [3.63, 3.8) is 0 Å². The number of nitrogens with two attached hydrogens (primary N) is 1. The van der Waals surface area contributed by atoms with Crippen LogP contribution in [-0.2, 0) is 16.0 Å². The van der Waals surface area contributed by atoms with E-state index in [2.05, 4.69) is 5.32 Å². The van der Waals surface area contributed by atoms with Gasteiger partial charge in [-0.15, -0.1) is 0 Å². The molecule has 0 aliphatic rings. The zero-order valence-corrected chi connectivity index (χ0v) is 11.1. The van der Waals surface area contributed by atoms with Gasteiger partial charge in [-0.05, 0) is 24.1 Å². The minimum atomic E-state index is -0.723. The molecule has 0 radical (unpaired) electrons. The van der Waals surface area contributed by atoms with Crippen LogP contribution in [0.3, 0.4) is 0 Å². The van der Waals surface area contributed by atoms with Crippen molar-refractivity contribution >= 4 is 11.8 Å². The highest BCUT2D eigenvalue weighted by atomic mass is 16.3. The van der Waals surface area contributed by atoms with Crippen molar-refractivity contribution in [3.05, 3.63) is 29.8 Å². The summed E-state index contributed by atoms with van der Waals surface area (Å²) < 4.78 is 0. The molecule has 19 heavy (non-hydrogen) atoms. The van der Waals surface area contributed by atoms with Gasteiger partial charge in [0, 0.05) is 14.1 Å². The number of hydrogen-bond acceptors (Lipinski definition) is 4. The Hall–Kier alpha value is -2.08. The van der Waals surface area contributed by atoms with Gasteiger partial charge in [0.05, 0.1) is 12.6 Å². The van der Waals surface area contributed by atoms with E-state index in [0.29, 0.717) is 6.42 Å². The van der Waals surface area contributed by atoms with E-state index in [0.717, 1.165) is 5.56 Å². The van der Waals surface area contributed by atoms with E-state index in [4.69, 9.17) is 10.8 Å². The Morgan fingerprint density at radius 2 is 1.89 bits per heavy atom. The Bertz CT molecular complexity index is 443. The number of nitrogens with one attached hydrogen (secondary N) is 1. The molecule has 0 aliphatic heterocycles. The van der Waals surface area contributed by atoms with E-state index in [1.165, 1.54) is 17.0 Å². The maximum Gasteiger partial charge on any atom is 0.241 e. The lowest BCUT2D eigenvalue weighted by molar-refractivity contribution is -0.131. The first-order chi connectivity index (χ1) is 8.90. The molecular formula is C13H19N3O3. The van der Waals surface area contributed by atoms with Gasteiger partial charge in [0.25, 0.3) is 0 Å². The number of rotatable bonds is 5. The fourth-order valence-corrected chi connectivity index (χ4v) is 1.43. The van der Waals surface area contributed by atoms with Crippen LogP contribution in [-0.4, -0.2) is 48.5 Å². The van der Waals surface area contributed by atoms with Crippen LogP contribution < -0.4 is 11.1 Å². The van der Waals surface area contributed by atoms with Gasteiger partial charge in [-0.25, -0.2) is 0 Å². The Labute approximate surface area is 112 Å². The number of aromatic hydroxyl groups is 1. The molecule has 0 saturated heterocycles. The van der Waals surface area contributed by atoms with Crippen molar-refractivity contribution in [2.45, 2.75) is 12.5 Å². The smallest absolute Gasteiger partial charge is 0.241 e. The largest absolute Gasteiger partial charge is 0.508 e. The minimum Gasteiger partial charge on any atom is -0.508 e. The van der Waals surface area contributed by atoms with E-state index >= 15 is 0 Å². The average Bonchev–Trinajstić information content (AvgIpc) is 2.37. The molecule has 0 aliphatic carbocycles. The number of benzene rings is 1. The fraction of sp³-hybridized carbons (Fsp3) is 0.385. The maximum absolute atomic E-state index is 11.7. The maximum atomic E-state index is 11.7. The Morgan fingerprint density at radius 3 is 2.42 bits per heavy atom. The summed E-state index contributed by atoms with van der Waals surface area (Å²) >= 11 is 0. The first-order valence-electron chi connectivity index (χ1n) is 5.91. The summed E-state index contributed by atoms with van der Waals surface area (Å²) in [5.41, 5.74) is 6.60. The van der Waals surface area contributed by atoms with Gasteiger partial charge in [-0.2, -0.15) is 0 Å². The molecule has 1 aromatic carbocycles. The Morgan fingerprint density at radius 1 is 1.32 bits per heavy atom. The number of likely N-dealkylation sites (N-methyl/N-ethyl adjacent to an activating group) is 1. The number of phenols is 1. The molecule has 4 N–H and O–H groups in total. The van der Waals surface area contributed by atoms with Gasteiger partial charge < -0.3 is 21.1 Å². The molecule has 0 bridgehead atoms. The van der Waals surface area contributed by atoms with Crippen LogP contribution in [0.5, 0.6) is 5.75 Å². The summed E-state index contributed by atoms with van der Waals surface area (Å²) in [6.07, 6.45) is 0.349. The number of carbonyl (C=O) groups is 2. The molecule has 1 aromatic rings. The van der Waals surface area contributed by atoms with Crippen LogP contribution in [0, 0.1) is 0 Å². The number of carbonyl (C=O) groups excluding carboxylic acids is 2. The zero-order chi connectivity index (χ0) is 14.4. The van der Waals surface area contributed by atoms with Crippen molar-refractivity contribution in [2.24, 2.45) is 5.73 Å². The third kappa shape index (κ3) is 4.97. The SMILES string of the molecule is CN(C)C(=O)CNC(=O)[C@@H](N)Cc1ccc(O)cc1. The summed E-state index contributed by atoms with van der Waals surface area (Å²) in [4.78, 5) is 24.4. The molecule has 0 aromatic heterocycles. The fourth-order valence-electron chi connectivity index (χ4n) is 1.43. The molecule has 0 heterocycles. The highest BCUT2D eigenvalue weighted by molar-refractivity contribution is 5.87. The molecule has 1 atom stereocenters. The second-order valence-electron chi connectivity index (χ2n) is 4.48. The second kappa shape index (κ2) is 6.75. The van der Waals surface area contributed by atoms with Gasteiger partial charge in [-0.1, -0.05) is 12.1 Å². The normalized spacial score (nSPS) is 11.7. The topological polar surface area (TPSA) is 95.7 Å². The molecule has 0 saturated carbocycles. The third-order valence-electron chi connectivity index (χ3n) is 2.64. The van der Waals surface area contributed by atoms with Crippen molar-refractivity contribution < 1.29 is 14.7 Å². The number of amides is 2. The van der Waals surface area contributed by atoms with Crippen LogP contribution >= 0.6 is 0 Å². The third-order valence-corrected chi connectivity index (χ3v) is 2.64. The molecule has 104 valence electrons. The standard InChI is InChI=1S/C13H19N3O3/c1-16(2)12(18)8-15-13(19)11(14)7-9-3-5-10(17)6-4-9/h3-6,11,17H,7-8,14H2,1-2H3,(H,15,19)/t11-/m0/s1. The van der Waals surface area contributed by atoms with Crippen LogP contribution in [0.2, 0.25) is 0 Å². The molecule has 2 amide bonds. The average molecular weight is 265 g/mol. The summed E-state index contributed by atoms with van der Waals surface area (Å²) in [6, 6.07) is 5.76. The zero-order valence-electron chi connectivity index (χ0n) is 11.1. The minimum absolute atomic E-state index is 0.0604. The van der Waals surface area contributed by atoms with Crippen LogP contribution in [0.15, 0.2) is 24.3 Å². The van der Waals surface area contributed by atoms with Crippen molar-refractivity contribution in [1.29, 1.82) is 0 Å².